The number of hydrogen-bond donors (Lipinski definition) is 1. The first-order valence-corrected chi connectivity index (χ1v) is 5.93. The lowest BCUT2D eigenvalue weighted by Gasteiger charge is -2.13. The van der Waals surface area contributed by atoms with Gasteiger partial charge in [-0.1, -0.05) is 11.6 Å². The molecular weight excluding hydrogens is 315 g/mol. The summed E-state index contributed by atoms with van der Waals surface area (Å²) in [6.07, 6.45) is -3.97. The van der Waals surface area contributed by atoms with E-state index >= 15 is 0 Å². The van der Waals surface area contributed by atoms with Gasteiger partial charge in [-0.05, 0) is 12.1 Å². The normalized spacial score (nSPS) is 10.9. The predicted octanol–water partition coefficient (Wildman–Crippen LogP) is 2.22. The lowest BCUT2D eigenvalue weighted by Crippen LogP contribution is -2.36. The Morgan fingerprint density at radius 2 is 2.10 bits per heavy atom. The highest BCUT2D eigenvalue weighted by Gasteiger charge is 2.27. The molecule has 0 radical (unpaired) electrons. The van der Waals surface area contributed by atoms with Crippen LogP contribution in [0.25, 0.3) is 0 Å². The van der Waals surface area contributed by atoms with Crippen molar-refractivity contribution >= 4 is 23.8 Å². The summed E-state index contributed by atoms with van der Waals surface area (Å²) in [6.45, 7) is -2.13. The van der Waals surface area contributed by atoms with Crippen LogP contribution in [-0.4, -0.2) is 38.6 Å². The lowest BCUT2D eigenvalue weighted by molar-refractivity contribution is -0.139. The summed E-state index contributed by atoms with van der Waals surface area (Å²) >= 11 is 5.85. The highest BCUT2D eigenvalue weighted by atomic mass is 35.5. The molecule has 9 heteroatoms. The molecule has 0 aliphatic rings. The van der Waals surface area contributed by atoms with Crippen molar-refractivity contribution in [2.75, 3.05) is 20.3 Å². The maximum absolute atomic E-state index is 11.9. The molecule has 21 heavy (non-hydrogen) atoms. The van der Waals surface area contributed by atoms with Crippen LogP contribution in [0.5, 0.6) is 11.5 Å². The van der Waals surface area contributed by atoms with Crippen molar-refractivity contribution in [2.45, 2.75) is 6.18 Å². The topological polar surface area (TPSA) is 64.6 Å². The van der Waals surface area contributed by atoms with Gasteiger partial charge in [0.05, 0.1) is 12.1 Å². The van der Waals surface area contributed by atoms with Gasteiger partial charge < -0.3 is 14.8 Å². The summed E-state index contributed by atoms with van der Waals surface area (Å²) in [4.78, 5) is 21.9. The third-order valence-corrected chi connectivity index (χ3v) is 2.50. The standard InChI is InChI=1S/C12H11ClF3NO4/c1-20-9-3-7(4-18)2-8(13)11(9)21-5-10(19)17-6-12(14,15)16/h2-4H,5-6H2,1H3,(H,17,19). The number of aldehydes is 1. The molecule has 1 amide bonds. The van der Waals surface area contributed by atoms with E-state index in [0.29, 0.717) is 6.29 Å². The molecule has 0 aromatic heterocycles. The number of carbonyl (C=O) groups is 2. The van der Waals surface area contributed by atoms with Gasteiger partial charge in [-0.2, -0.15) is 13.2 Å². The fraction of sp³-hybridized carbons (Fsp3) is 0.333. The molecule has 0 aliphatic carbocycles. The van der Waals surface area contributed by atoms with E-state index in [1.165, 1.54) is 19.2 Å². The molecule has 0 atom stereocenters. The molecule has 0 fully saturated rings. The molecular formula is C12H11ClF3NO4. The fourth-order valence-electron chi connectivity index (χ4n) is 1.34. The Hall–Kier alpha value is -1.96. The molecule has 0 saturated carbocycles. The van der Waals surface area contributed by atoms with Crippen LogP contribution in [-0.2, 0) is 4.79 Å². The first kappa shape index (κ1) is 17.1. The molecule has 0 bridgehead atoms. The monoisotopic (exact) mass is 325 g/mol. The summed E-state index contributed by atoms with van der Waals surface area (Å²) in [5.74, 6) is -0.912. The number of halogens is 4. The van der Waals surface area contributed by atoms with Crippen molar-refractivity contribution < 1.29 is 32.2 Å². The second-order valence-electron chi connectivity index (χ2n) is 3.83. The molecule has 0 aliphatic heterocycles. The number of methoxy groups -OCH3 is 1. The maximum Gasteiger partial charge on any atom is 0.405 e. The molecule has 116 valence electrons. The van der Waals surface area contributed by atoms with Crippen molar-refractivity contribution in [2.24, 2.45) is 0 Å². The van der Waals surface area contributed by atoms with Gasteiger partial charge in [-0.15, -0.1) is 0 Å². The van der Waals surface area contributed by atoms with Gasteiger partial charge in [0, 0.05) is 5.56 Å². The molecule has 0 spiro atoms. The van der Waals surface area contributed by atoms with E-state index < -0.39 is 25.2 Å². The Balaban J connectivity index is 2.71. The van der Waals surface area contributed by atoms with E-state index in [9.17, 15) is 22.8 Å². The number of nitrogens with one attached hydrogen (secondary N) is 1. The van der Waals surface area contributed by atoms with Crippen LogP contribution in [0.15, 0.2) is 12.1 Å². The van der Waals surface area contributed by atoms with Gasteiger partial charge in [0.15, 0.2) is 18.1 Å². The smallest absolute Gasteiger partial charge is 0.405 e. The number of alkyl halides is 3. The van der Waals surface area contributed by atoms with Crippen LogP contribution in [0.2, 0.25) is 5.02 Å². The summed E-state index contributed by atoms with van der Waals surface area (Å²) in [6, 6.07) is 2.60. The maximum atomic E-state index is 11.9. The quantitative estimate of drug-likeness (QED) is 0.815. The third kappa shape index (κ3) is 5.50. The van der Waals surface area contributed by atoms with Crippen molar-refractivity contribution in [3.8, 4) is 11.5 Å². The number of hydrogen-bond acceptors (Lipinski definition) is 4. The second-order valence-corrected chi connectivity index (χ2v) is 4.24. The van der Waals surface area contributed by atoms with E-state index in [2.05, 4.69) is 0 Å². The Labute approximate surface area is 123 Å². The Morgan fingerprint density at radius 1 is 1.43 bits per heavy atom. The molecule has 1 aromatic carbocycles. The average Bonchev–Trinajstić information content (AvgIpc) is 2.42. The first-order valence-electron chi connectivity index (χ1n) is 5.55. The summed E-state index contributed by atoms with van der Waals surface area (Å²) in [7, 11) is 1.29. The molecule has 1 N–H and O–H groups in total. The number of ether oxygens (including phenoxy) is 2. The SMILES string of the molecule is COc1cc(C=O)cc(Cl)c1OCC(=O)NCC(F)(F)F. The van der Waals surface area contributed by atoms with Gasteiger partial charge in [0.1, 0.15) is 12.8 Å². The van der Waals surface area contributed by atoms with Gasteiger partial charge in [0.25, 0.3) is 5.91 Å². The van der Waals surface area contributed by atoms with Crippen LogP contribution in [0.3, 0.4) is 0 Å². The highest BCUT2D eigenvalue weighted by molar-refractivity contribution is 6.32. The van der Waals surface area contributed by atoms with Crippen molar-refractivity contribution in [1.82, 2.24) is 5.32 Å². The number of amides is 1. The highest BCUT2D eigenvalue weighted by Crippen LogP contribution is 2.35. The van der Waals surface area contributed by atoms with E-state index in [4.69, 9.17) is 21.1 Å². The predicted molar refractivity (Wildman–Crippen MR) is 68.0 cm³/mol. The van der Waals surface area contributed by atoms with Crippen LogP contribution < -0.4 is 14.8 Å². The first-order chi connectivity index (χ1) is 9.76. The van der Waals surface area contributed by atoms with Crippen molar-refractivity contribution in [3.63, 3.8) is 0 Å². The lowest BCUT2D eigenvalue weighted by atomic mass is 10.2. The zero-order valence-corrected chi connectivity index (χ0v) is 11.5. The van der Waals surface area contributed by atoms with Gasteiger partial charge in [-0.25, -0.2) is 0 Å². The number of rotatable bonds is 6. The molecule has 5 nitrogen and oxygen atoms in total. The zero-order valence-electron chi connectivity index (χ0n) is 10.8. The van der Waals surface area contributed by atoms with E-state index in [1.807, 2.05) is 0 Å². The molecule has 0 unspecified atom stereocenters. The average molecular weight is 326 g/mol. The van der Waals surface area contributed by atoms with E-state index in [0.717, 1.165) is 0 Å². The Morgan fingerprint density at radius 3 is 2.62 bits per heavy atom. The Kier molecular flexibility index (Phi) is 5.83. The van der Waals surface area contributed by atoms with Crippen molar-refractivity contribution in [1.29, 1.82) is 0 Å². The minimum atomic E-state index is -4.50. The largest absolute Gasteiger partial charge is 0.493 e. The van der Waals surface area contributed by atoms with Crippen LogP contribution >= 0.6 is 11.6 Å². The van der Waals surface area contributed by atoms with E-state index in [-0.39, 0.29) is 22.1 Å². The summed E-state index contributed by atoms with van der Waals surface area (Å²) in [5.41, 5.74) is 0.228. The number of benzene rings is 1. The molecule has 0 saturated heterocycles. The van der Waals surface area contributed by atoms with Gasteiger partial charge in [0.2, 0.25) is 0 Å². The van der Waals surface area contributed by atoms with Crippen LogP contribution in [0.4, 0.5) is 13.2 Å². The van der Waals surface area contributed by atoms with Gasteiger partial charge >= 0.3 is 6.18 Å². The molecule has 1 aromatic rings. The zero-order chi connectivity index (χ0) is 16.0. The minimum absolute atomic E-state index is 0.0000661. The molecule has 1 rings (SSSR count). The van der Waals surface area contributed by atoms with Crippen LogP contribution in [0.1, 0.15) is 10.4 Å². The third-order valence-electron chi connectivity index (χ3n) is 2.22. The van der Waals surface area contributed by atoms with Crippen LogP contribution in [0, 0.1) is 0 Å². The van der Waals surface area contributed by atoms with Gasteiger partial charge in [-0.3, -0.25) is 9.59 Å². The Bertz CT molecular complexity index is 534. The summed E-state index contributed by atoms with van der Waals surface area (Å²) in [5, 5.41) is 1.64. The summed E-state index contributed by atoms with van der Waals surface area (Å²) < 4.78 is 45.7. The number of carbonyl (C=O) groups excluding carboxylic acids is 2. The second kappa shape index (κ2) is 7.16. The van der Waals surface area contributed by atoms with Crippen molar-refractivity contribution in [3.05, 3.63) is 22.7 Å². The fourth-order valence-corrected chi connectivity index (χ4v) is 1.61. The molecule has 0 heterocycles. The van der Waals surface area contributed by atoms with E-state index in [1.54, 1.807) is 5.32 Å². The minimum Gasteiger partial charge on any atom is -0.493 e.